The van der Waals surface area contributed by atoms with E-state index in [1.54, 1.807) is 0 Å². The van der Waals surface area contributed by atoms with Crippen LogP contribution in [-0.4, -0.2) is 0 Å². The summed E-state index contributed by atoms with van der Waals surface area (Å²) in [5.41, 5.74) is 27.3. The molecule has 18 rings (SSSR count). The van der Waals surface area contributed by atoms with E-state index in [2.05, 4.69) is 228 Å². The van der Waals surface area contributed by atoms with E-state index >= 15 is 0 Å². The quantitative estimate of drug-likeness (QED) is 0.176. The van der Waals surface area contributed by atoms with Crippen LogP contribution in [-0.2, 0) is 16.2 Å². The average molecular weight is 1030 g/mol. The molecule has 3 aliphatic rings. The van der Waals surface area contributed by atoms with E-state index in [1.807, 2.05) is 18.2 Å². The van der Waals surface area contributed by atoms with Gasteiger partial charge in [0.15, 0.2) is 0 Å². The Bertz CT molecular complexity index is 5300. The predicted molar refractivity (Wildman–Crippen MR) is 328 cm³/mol. The Morgan fingerprint density at radius 2 is 0.713 bits per heavy atom. The summed E-state index contributed by atoms with van der Waals surface area (Å²) in [6.07, 6.45) is 0. The Morgan fingerprint density at radius 1 is 0.275 bits per heavy atom. The fourth-order valence-electron chi connectivity index (χ4n) is 15.0. The first-order valence-corrected chi connectivity index (χ1v) is 28.0. The van der Waals surface area contributed by atoms with Crippen LogP contribution in [0.5, 0.6) is 0 Å². The van der Waals surface area contributed by atoms with E-state index in [0.29, 0.717) is 0 Å². The zero-order chi connectivity index (χ0) is 53.3. The second-order valence-corrected chi connectivity index (χ2v) is 24.3. The molecular weight excluding hydrogens is 979 g/mol. The third-order valence-electron chi connectivity index (χ3n) is 19.0. The molecule has 0 atom stereocenters. The molecule has 0 spiro atoms. The molecule has 3 aliphatic carbocycles. The SMILES string of the molecule is CC1(C)c2cc(N(c3ccc4c(c3)C(C)(C)c3cc(-c5ccc6oc7ccccc7c6c5)c5oc6ccccc6c5c3-4)c3ccc4oc5ccccc5c4c3)ccc2-c2cc3c(cc21)-c1c(ccc2oc4ccccc4c12)C3(C)C. The molecule has 5 nitrogen and oxygen atoms in total. The molecule has 15 aromatic rings. The highest BCUT2D eigenvalue weighted by molar-refractivity contribution is 6.20. The van der Waals surface area contributed by atoms with Crippen LogP contribution in [0.1, 0.15) is 74.9 Å². The fraction of sp³-hybridized carbons (Fsp3) is 0.120. The van der Waals surface area contributed by atoms with Gasteiger partial charge in [-0.25, -0.2) is 0 Å². The van der Waals surface area contributed by atoms with E-state index in [1.165, 1.54) is 77.5 Å². The van der Waals surface area contributed by atoms with E-state index in [-0.39, 0.29) is 16.2 Å². The molecule has 80 heavy (non-hydrogen) atoms. The molecule has 0 N–H and O–H groups in total. The van der Waals surface area contributed by atoms with Gasteiger partial charge in [-0.15, -0.1) is 0 Å². The number of hydrogen-bond donors (Lipinski definition) is 0. The first-order valence-electron chi connectivity index (χ1n) is 28.0. The van der Waals surface area contributed by atoms with E-state index in [9.17, 15) is 0 Å². The van der Waals surface area contributed by atoms with Crippen molar-refractivity contribution in [2.75, 3.05) is 4.90 Å². The Labute approximate surface area is 460 Å². The lowest BCUT2D eigenvalue weighted by Crippen LogP contribution is -2.18. The summed E-state index contributed by atoms with van der Waals surface area (Å²) < 4.78 is 26.3. The summed E-state index contributed by atoms with van der Waals surface area (Å²) in [6.45, 7) is 14.4. The lowest BCUT2D eigenvalue weighted by atomic mass is 9.79. The van der Waals surface area contributed by atoms with Crippen molar-refractivity contribution in [3.8, 4) is 44.5 Å². The van der Waals surface area contributed by atoms with Crippen molar-refractivity contribution in [1.82, 2.24) is 0 Å². The van der Waals surface area contributed by atoms with Crippen LogP contribution < -0.4 is 4.90 Å². The highest BCUT2D eigenvalue weighted by Crippen LogP contribution is 2.60. The zero-order valence-electron chi connectivity index (χ0n) is 45.1. The molecule has 0 saturated heterocycles. The lowest BCUT2D eigenvalue weighted by molar-refractivity contribution is 0.651. The summed E-state index contributed by atoms with van der Waals surface area (Å²) in [4.78, 5) is 2.47. The molecule has 4 aromatic heterocycles. The predicted octanol–water partition coefficient (Wildman–Crippen LogP) is 21.3. The third-order valence-corrected chi connectivity index (χ3v) is 19.0. The normalized spacial score (nSPS) is 15.2. The van der Waals surface area contributed by atoms with E-state index in [4.69, 9.17) is 17.7 Å². The monoisotopic (exact) mass is 1030 g/mol. The van der Waals surface area contributed by atoms with Gasteiger partial charge in [-0.05, 0) is 175 Å². The largest absolute Gasteiger partial charge is 0.456 e. The topological polar surface area (TPSA) is 55.8 Å². The highest BCUT2D eigenvalue weighted by atomic mass is 16.3. The maximum atomic E-state index is 6.98. The van der Waals surface area contributed by atoms with Crippen LogP contribution in [0.3, 0.4) is 0 Å². The van der Waals surface area contributed by atoms with Gasteiger partial charge in [-0.2, -0.15) is 0 Å². The third kappa shape index (κ3) is 5.61. The van der Waals surface area contributed by atoms with Gasteiger partial charge < -0.3 is 22.6 Å². The van der Waals surface area contributed by atoms with Crippen LogP contribution in [0, 0.1) is 0 Å². The Hall–Kier alpha value is -9.58. The van der Waals surface area contributed by atoms with Crippen LogP contribution in [0.25, 0.3) is 132 Å². The molecule has 0 unspecified atom stereocenters. The number of hydrogen-bond acceptors (Lipinski definition) is 5. The minimum Gasteiger partial charge on any atom is -0.456 e. The van der Waals surface area contributed by atoms with Gasteiger partial charge in [0.25, 0.3) is 0 Å². The molecular formula is C75H51NO4. The van der Waals surface area contributed by atoms with Crippen molar-refractivity contribution < 1.29 is 17.7 Å². The molecule has 0 fully saturated rings. The van der Waals surface area contributed by atoms with Crippen LogP contribution in [0.2, 0.25) is 0 Å². The lowest BCUT2D eigenvalue weighted by Gasteiger charge is -2.30. The molecule has 0 aliphatic heterocycles. The highest BCUT2D eigenvalue weighted by Gasteiger charge is 2.44. The van der Waals surface area contributed by atoms with Crippen LogP contribution in [0.15, 0.2) is 218 Å². The standard InChI is InChI=1S/C75H51NO4/c1-73(2)55-29-32-67-70(48-17-9-13-21-63(48)79-67)69(55)54-39-58-51(38-59(54)73)44-27-24-42(35-56(44)74(58,3)4)76(41-26-31-66-53(34-41)46-16-8-12-20-62(46)78-66)43-25-28-47-57(36-43)75(5,6)60-37-50(72-71(68(47)60)49-18-10-14-22-64(49)80-72)40-23-30-65-52(33-40)45-15-7-11-19-61(45)77-65/h7-39H,1-6H3. The van der Waals surface area contributed by atoms with Gasteiger partial charge in [-0.1, -0.05) is 139 Å². The minimum atomic E-state index is -0.381. The summed E-state index contributed by atoms with van der Waals surface area (Å²) in [5, 5.41) is 9.05. The first kappa shape index (κ1) is 44.4. The van der Waals surface area contributed by atoms with E-state index < -0.39 is 0 Å². The van der Waals surface area contributed by atoms with Crippen molar-refractivity contribution in [2.45, 2.75) is 57.8 Å². The first-order chi connectivity index (χ1) is 38.9. The van der Waals surface area contributed by atoms with Gasteiger partial charge in [0.2, 0.25) is 0 Å². The maximum Gasteiger partial charge on any atom is 0.143 e. The molecule has 0 saturated carbocycles. The maximum absolute atomic E-state index is 6.98. The van der Waals surface area contributed by atoms with Crippen molar-refractivity contribution in [3.05, 3.63) is 234 Å². The Kier molecular flexibility index (Phi) is 8.30. The molecule has 11 aromatic carbocycles. The Morgan fingerprint density at radius 3 is 1.41 bits per heavy atom. The molecule has 0 amide bonds. The molecule has 4 heterocycles. The van der Waals surface area contributed by atoms with Gasteiger partial charge in [0.1, 0.15) is 44.7 Å². The summed E-state index contributed by atoms with van der Waals surface area (Å²) in [6, 6.07) is 73.3. The summed E-state index contributed by atoms with van der Waals surface area (Å²) in [7, 11) is 0. The van der Waals surface area contributed by atoms with E-state index in [0.717, 1.165) is 105 Å². The fourth-order valence-corrected chi connectivity index (χ4v) is 15.0. The Balaban J connectivity index is 0.822. The number of nitrogens with zero attached hydrogens (tertiary/aromatic N) is 1. The summed E-state index contributed by atoms with van der Waals surface area (Å²) in [5.74, 6) is 0. The van der Waals surface area contributed by atoms with Gasteiger partial charge in [-0.3, -0.25) is 0 Å². The second-order valence-electron chi connectivity index (χ2n) is 24.3. The molecule has 0 radical (unpaired) electrons. The number of para-hydroxylation sites is 4. The number of benzene rings is 11. The van der Waals surface area contributed by atoms with Gasteiger partial charge >= 0.3 is 0 Å². The minimum absolute atomic E-state index is 0.200. The van der Waals surface area contributed by atoms with Gasteiger partial charge in [0.05, 0.1) is 0 Å². The van der Waals surface area contributed by atoms with Crippen molar-refractivity contribution >= 4 is 105 Å². The number of furan rings is 4. The number of rotatable bonds is 4. The smallest absolute Gasteiger partial charge is 0.143 e. The summed E-state index contributed by atoms with van der Waals surface area (Å²) >= 11 is 0. The van der Waals surface area contributed by atoms with Crippen LogP contribution >= 0.6 is 0 Å². The second kappa shape index (κ2) is 15.0. The van der Waals surface area contributed by atoms with Crippen LogP contribution in [0.4, 0.5) is 17.1 Å². The van der Waals surface area contributed by atoms with Crippen molar-refractivity contribution in [1.29, 1.82) is 0 Å². The van der Waals surface area contributed by atoms with Gasteiger partial charge in [0, 0.05) is 82.0 Å². The number of fused-ring (bicyclic) bond motifs is 23. The molecule has 380 valence electrons. The molecule has 5 heteroatoms. The van der Waals surface area contributed by atoms with Crippen molar-refractivity contribution in [2.24, 2.45) is 0 Å². The number of anilines is 3. The zero-order valence-corrected chi connectivity index (χ0v) is 45.1. The molecule has 0 bridgehead atoms. The average Bonchev–Trinajstić information content (AvgIpc) is 4.37. The van der Waals surface area contributed by atoms with Crippen molar-refractivity contribution in [3.63, 3.8) is 0 Å².